The summed E-state index contributed by atoms with van der Waals surface area (Å²) in [7, 11) is 0. The zero-order chi connectivity index (χ0) is 20.5. The number of Topliss-reactive ketones (excluding diaryl/α,β-unsaturated/α-hetero) is 1. The molecule has 4 nitrogen and oxygen atoms in total. The van der Waals surface area contributed by atoms with E-state index in [1.54, 1.807) is 4.90 Å². The van der Waals surface area contributed by atoms with Crippen molar-refractivity contribution >= 4 is 29.0 Å². The summed E-state index contributed by atoms with van der Waals surface area (Å²) in [6, 6.07) is 13.4. The molecule has 1 aliphatic carbocycles. The molecule has 1 aliphatic heterocycles. The van der Waals surface area contributed by atoms with Crippen molar-refractivity contribution in [1.82, 2.24) is 0 Å². The van der Waals surface area contributed by atoms with E-state index >= 15 is 0 Å². The second-order valence-electron chi connectivity index (χ2n) is 7.56. The van der Waals surface area contributed by atoms with Crippen molar-refractivity contribution in [2.45, 2.75) is 45.4 Å². The van der Waals surface area contributed by atoms with E-state index in [0.29, 0.717) is 24.5 Å². The number of anilines is 1. The molecule has 2 aromatic carbocycles. The van der Waals surface area contributed by atoms with Gasteiger partial charge in [0.1, 0.15) is 5.75 Å². The molecule has 5 heteroatoms. The van der Waals surface area contributed by atoms with Gasteiger partial charge in [-0.15, -0.1) is 0 Å². The average molecular weight is 410 g/mol. The summed E-state index contributed by atoms with van der Waals surface area (Å²) in [5.41, 5.74) is 4.28. The second kappa shape index (κ2) is 8.03. The molecular weight excluding hydrogens is 386 g/mol. The van der Waals surface area contributed by atoms with Crippen LogP contribution in [0.1, 0.15) is 49.7 Å². The number of benzene rings is 2. The minimum absolute atomic E-state index is 0.00254. The zero-order valence-corrected chi connectivity index (χ0v) is 17.5. The molecule has 29 heavy (non-hydrogen) atoms. The molecule has 2 aliphatic rings. The van der Waals surface area contributed by atoms with Gasteiger partial charge in [0.25, 0.3) is 0 Å². The molecule has 4 rings (SSSR count). The average Bonchev–Trinajstić information content (AvgIpc) is 2.71. The van der Waals surface area contributed by atoms with Crippen molar-refractivity contribution < 1.29 is 14.3 Å². The van der Waals surface area contributed by atoms with Crippen LogP contribution in [0.25, 0.3) is 0 Å². The number of hydrogen-bond donors (Lipinski definition) is 0. The summed E-state index contributed by atoms with van der Waals surface area (Å²) in [4.78, 5) is 27.9. The smallest absolute Gasteiger partial charge is 0.232 e. The van der Waals surface area contributed by atoms with Gasteiger partial charge in [-0.3, -0.25) is 14.5 Å². The summed E-state index contributed by atoms with van der Waals surface area (Å²) >= 11 is 6.32. The normalized spacial score (nSPS) is 19.4. The van der Waals surface area contributed by atoms with Gasteiger partial charge in [0, 0.05) is 35.1 Å². The zero-order valence-electron chi connectivity index (χ0n) is 16.7. The molecule has 0 aromatic heterocycles. The predicted molar refractivity (Wildman–Crippen MR) is 115 cm³/mol. The number of amides is 1. The predicted octanol–water partition coefficient (Wildman–Crippen LogP) is 5.57. The summed E-state index contributed by atoms with van der Waals surface area (Å²) in [5, 5.41) is 0.619. The number of ketones is 1. The van der Waals surface area contributed by atoms with Gasteiger partial charge in [-0.25, -0.2) is 0 Å². The summed E-state index contributed by atoms with van der Waals surface area (Å²) in [5.74, 6) is 0.717. The Morgan fingerprint density at radius 2 is 1.86 bits per heavy atom. The Kier molecular flexibility index (Phi) is 5.46. The van der Waals surface area contributed by atoms with Crippen LogP contribution < -0.4 is 9.64 Å². The number of hydrogen-bond acceptors (Lipinski definition) is 3. The lowest BCUT2D eigenvalue weighted by Crippen LogP contribution is -2.40. The minimum atomic E-state index is -0.210. The van der Waals surface area contributed by atoms with Crippen LogP contribution in [0.3, 0.4) is 0 Å². The van der Waals surface area contributed by atoms with Gasteiger partial charge < -0.3 is 4.74 Å². The van der Waals surface area contributed by atoms with Crippen LogP contribution in [0.5, 0.6) is 5.75 Å². The Morgan fingerprint density at radius 1 is 1.10 bits per heavy atom. The molecule has 1 unspecified atom stereocenters. The van der Waals surface area contributed by atoms with Gasteiger partial charge in [0.15, 0.2) is 5.78 Å². The first-order valence-corrected chi connectivity index (χ1v) is 10.5. The molecule has 0 spiro atoms. The van der Waals surface area contributed by atoms with E-state index in [-0.39, 0.29) is 24.0 Å². The fourth-order valence-corrected chi connectivity index (χ4v) is 4.44. The van der Waals surface area contributed by atoms with Crippen LogP contribution in [0.2, 0.25) is 5.02 Å². The molecule has 0 fully saturated rings. The van der Waals surface area contributed by atoms with Crippen LogP contribution in [-0.2, 0) is 9.59 Å². The molecule has 0 radical (unpaired) electrons. The Balaban J connectivity index is 1.79. The van der Waals surface area contributed by atoms with Crippen molar-refractivity contribution in [3.8, 4) is 5.75 Å². The first-order chi connectivity index (χ1) is 14.0. The van der Waals surface area contributed by atoms with E-state index in [4.69, 9.17) is 16.3 Å². The van der Waals surface area contributed by atoms with Gasteiger partial charge >= 0.3 is 0 Å². The maximum atomic E-state index is 13.2. The van der Waals surface area contributed by atoms with Gasteiger partial charge in [-0.2, -0.15) is 0 Å². The third kappa shape index (κ3) is 3.69. The molecule has 150 valence electrons. The summed E-state index contributed by atoms with van der Waals surface area (Å²) in [6.07, 6.45) is 2.27. The van der Waals surface area contributed by atoms with Crippen LogP contribution in [0, 0.1) is 6.92 Å². The quantitative estimate of drug-likeness (QED) is 0.662. The highest BCUT2D eigenvalue weighted by Gasteiger charge is 2.39. The fourth-order valence-electron chi connectivity index (χ4n) is 4.26. The molecule has 0 saturated carbocycles. The monoisotopic (exact) mass is 409 g/mol. The first kappa shape index (κ1) is 19.7. The van der Waals surface area contributed by atoms with Crippen LogP contribution in [0.4, 0.5) is 5.69 Å². The minimum Gasteiger partial charge on any atom is -0.494 e. The highest BCUT2D eigenvalue weighted by Crippen LogP contribution is 2.44. The van der Waals surface area contributed by atoms with E-state index in [2.05, 4.69) is 0 Å². The van der Waals surface area contributed by atoms with Gasteiger partial charge in [0.2, 0.25) is 5.91 Å². The van der Waals surface area contributed by atoms with Gasteiger partial charge in [-0.05, 0) is 62.1 Å². The number of halogens is 1. The topological polar surface area (TPSA) is 46.6 Å². The van der Waals surface area contributed by atoms with E-state index < -0.39 is 0 Å². The number of rotatable bonds is 4. The van der Waals surface area contributed by atoms with Gasteiger partial charge in [0.05, 0.1) is 12.3 Å². The Labute approximate surface area is 176 Å². The molecule has 0 N–H and O–H groups in total. The van der Waals surface area contributed by atoms with Crippen molar-refractivity contribution in [3.05, 3.63) is 69.9 Å². The Hall–Kier alpha value is -2.59. The van der Waals surface area contributed by atoms with E-state index in [9.17, 15) is 9.59 Å². The lowest BCUT2D eigenvalue weighted by Gasteiger charge is -2.38. The van der Waals surface area contributed by atoms with Crippen LogP contribution in [-0.4, -0.2) is 18.3 Å². The summed E-state index contributed by atoms with van der Waals surface area (Å²) in [6.45, 7) is 4.47. The van der Waals surface area contributed by atoms with Gasteiger partial charge in [-0.1, -0.05) is 29.8 Å². The summed E-state index contributed by atoms with van der Waals surface area (Å²) < 4.78 is 5.53. The molecule has 0 bridgehead atoms. The molecule has 1 atom stereocenters. The maximum absolute atomic E-state index is 13.2. The van der Waals surface area contributed by atoms with E-state index in [1.165, 1.54) is 0 Å². The Bertz CT molecular complexity index is 994. The third-order valence-electron chi connectivity index (χ3n) is 5.68. The van der Waals surface area contributed by atoms with E-state index in [0.717, 1.165) is 40.3 Å². The van der Waals surface area contributed by atoms with Crippen molar-refractivity contribution in [2.75, 3.05) is 11.5 Å². The van der Waals surface area contributed by atoms with Crippen LogP contribution in [0.15, 0.2) is 53.7 Å². The lowest BCUT2D eigenvalue weighted by atomic mass is 9.77. The van der Waals surface area contributed by atoms with Crippen LogP contribution >= 0.6 is 11.6 Å². The van der Waals surface area contributed by atoms with E-state index in [1.807, 2.05) is 56.3 Å². The molecular formula is C24H24ClNO3. The fraction of sp³-hybridized carbons (Fsp3) is 0.333. The largest absolute Gasteiger partial charge is 0.494 e. The Morgan fingerprint density at radius 3 is 2.55 bits per heavy atom. The highest BCUT2D eigenvalue weighted by atomic mass is 35.5. The highest BCUT2D eigenvalue weighted by molar-refractivity contribution is 6.31. The number of allylic oxidation sites excluding steroid dienone is 2. The third-order valence-corrected chi connectivity index (χ3v) is 6.09. The van der Waals surface area contributed by atoms with Crippen molar-refractivity contribution in [2.24, 2.45) is 0 Å². The number of carbonyl (C=O) groups excluding carboxylic acids is 2. The second-order valence-corrected chi connectivity index (χ2v) is 7.97. The maximum Gasteiger partial charge on any atom is 0.232 e. The first-order valence-electron chi connectivity index (χ1n) is 10.1. The van der Waals surface area contributed by atoms with Crippen molar-refractivity contribution in [3.63, 3.8) is 0 Å². The molecule has 1 heterocycles. The number of nitrogens with zero attached hydrogens (tertiary/aromatic N) is 1. The molecule has 1 amide bonds. The van der Waals surface area contributed by atoms with Crippen molar-refractivity contribution in [1.29, 1.82) is 0 Å². The number of carbonyl (C=O) groups is 2. The standard InChI is InChI=1S/C24H24ClNO3/c1-3-29-18-11-8-16(9-12-18)19-14-23(28)26(17-10-7-15(2)20(25)13-17)21-5-4-6-22(27)24(19)21/h7-13,19H,3-6,14H2,1-2H3. The SMILES string of the molecule is CCOc1ccc(C2CC(=O)N(c3ccc(C)c(Cl)c3)C3=C2C(=O)CCC3)cc1. The lowest BCUT2D eigenvalue weighted by molar-refractivity contribution is -0.119. The molecule has 0 saturated heterocycles. The number of ether oxygens (including phenoxy) is 1. The molecule has 2 aromatic rings. The number of aryl methyl sites for hydroxylation is 1.